The van der Waals surface area contributed by atoms with E-state index in [0.29, 0.717) is 13.2 Å². The maximum atomic E-state index is 12.1. The number of halogens is 1. The van der Waals surface area contributed by atoms with Gasteiger partial charge in [-0.3, -0.25) is 4.90 Å². The van der Waals surface area contributed by atoms with Crippen LogP contribution < -0.4 is 4.90 Å². The van der Waals surface area contributed by atoms with Gasteiger partial charge in [-0.2, -0.15) is 11.3 Å². The van der Waals surface area contributed by atoms with Gasteiger partial charge in [0.2, 0.25) is 0 Å². The minimum Gasteiger partial charge on any atom is -0.449 e. The Labute approximate surface area is 130 Å². The standard InChI is InChI=1S/C14H14INO2S/c1-2-18-14(17)16(12-7-8-19-10-12)9-11-5-3-4-6-13(11)15/h3-8,10H,2,9H2,1H3. The van der Waals surface area contributed by atoms with Gasteiger partial charge < -0.3 is 4.74 Å². The van der Waals surface area contributed by atoms with Gasteiger partial charge in [-0.1, -0.05) is 18.2 Å². The van der Waals surface area contributed by atoms with E-state index in [9.17, 15) is 4.79 Å². The SMILES string of the molecule is CCOC(=O)N(Cc1ccccc1I)c1ccsc1. The summed E-state index contributed by atoms with van der Waals surface area (Å²) < 4.78 is 6.27. The van der Waals surface area contributed by atoms with Crippen molar-refractivity contribution in [2.45, 2.75) is 13.5 Å². The molecule has 5 heteroatoms. The van der Waals surface area contributed by atoms with Crippen molar-refractivity contribution in [3.63, 3.8) is 0 Å². The van der Waals surface area contributed by atoms with E-state index in [2.05, 4.69) is 22.6 Å². The van der Waals surface area contributed by atoms with Crippen LogP contribution in [0.5, 0.6) is 0 Å². The number of hydrogen-bond acceptors (Lipinski definition) is 3. The summed E-state index contributed by atoms with van der Waals surface area (Å²) in [5.74, 6) is 0. The maximum Gasteiger partial charge on any atom is 0.414 e. The van der Waals surface area contributed by atoms with Crippen molar-refractivity contribution in [2.75, 3.05) is 11.5 Å². The Kier molecular flexibility index (Phi) is 5.21. The van der Waals surface area contributed by atoms with Gasteiger partial charge in [0.15, 0.2) is 0 Å². The number of hydrogen-bond donors (Lipinski definition) is 0. The van der Waals surface area contributed by atoms with Gasteiger partial charge in [0.05, 0.1) is 18.8 Å². The van der Waals surface area contributed by atoms with E-state index in [-0.39, 0.29) is 6.09 Å². The zero-order chi connectivity index (χ0) is 13.7. The number of rotatable bonds is 4. The molecule has 100 valence electrons. The number of amides is 1. The Hall–Kier alpha value is -1.08. The lowest BCUT2D eigenvalue weighted by Crippen LogP contribution is -2.31. The van der Waals surface area contributed by atoms with Crippen molar-refractivity contribution in [1.82, 2.24) is 0 Å². The van der Waals surface area contributed by atoms with E-state index in [1.165, 1.54) is 0 Å². The summed E-state index contributed by atoms with van der Waals surface area (Å²) in [5.41, 5.74) is 1.99. The lowest BCUT2D eigenvalue weighted by atomic mass is 10.2. The quantitative estimate of drug-likeness (QED) is 0.723. The highest BCUT2D eigenvalue weighted by Gasteiger charge is 2.18. The third-order valence-electron chi connectivity index (χ3n) is 2.59. The van der Waals surface area contributed by atoms with Crippen molar-refractivity contribution in [3.05, 3.63) is 50.2 Å². The predicted octanol–water partition coefficient (Wildman–Crippen LogP) is 4.52. The van der Waals surface area contributed by atoms with Crippen molar-refractivity contribution in [3.8, 4) is 0 Å². The average Bonchev–Trinajstić information content (AvgIpc) is 2.91. The Bertz CT molecular complexity index is 542. The van der Waals surface area contributed by atoms with E-state index in [4.69, 9.17) is 4.74 Å². The highest BCUT2D eigenvalue weighted by atomic mass is 127. The fraction of sp³-hybridized carbons (Fsp3) is 0.214. The van der Waals surface area contributed by atoms with Crippen molar-refractivity contribution in [1.29, 1.82) is 0 Å². The molecule has 0 bridgehead atoms. The van der Waals surface area contributed by atoms with Crippen LogP contribution in [-0.2, 0) is 11.3 Å². The largest absolute Gasteiger partial charge is 0.449 e. The van der Waals surface area contributed by atoms with Gasteiger partial charge in [-0.25, -0.2) is 4.79 Å². The second-order valence-electron chi connectivity index (χ2n) is 3.86. The van der Waals surface area contributed by atoms with Gasteiger partial charge >= 0.3 is 6.09 Å². The summed E-state index contributed by atoms with van der Waals surface area (Å²) in [4.78, 5) is 13.7. The molecule has 0 aliphatic heterocycles. The van der Waals surface area contributed by atoms with E-state index in [1.54, 1.807) is 16.2 Å². The minimum absolute atomic E-state index is 0.305. The summed E-state index contributed by atoms with van der Waals surface area (Å²) in [6, 6.07) is 9.96. The van der Waals surface area contributed by atoms with Crippen LogP contribution >= 0.6 is 33.9 Å². The Morgan fingerprint density at radius 2 is 2.16 bits per heavy atom. The first-order valence-electron chi connectivity index (χ1n) is 5.92. The smallest absolute Gasteiger partial charge is 0.414 e. The molecule has 1 heterocycles. The molecule has 0 aliphatic rings. The molecule has 1 aromatic heterocycles. The Morgan fingerprint density at radius 1 is 1.37 bits per heavy atom. The first-order valence-corrected chi connectivity index (χ1v) is 7.94. The molecule has 2 aromatic rings. The number of ether oxygens (including phenoxy) is 1. The van der Waals surface area contributed by atoms with Crippen LogP contribution in [0.25, 0.3) is 0 Å². The highest BCUT2D eigenvalue weighted by Crippen LogP contribution is 2.23. The molecule has 0 N–H and O–H groups in total. The molecule has 0 unspecified atom stereocenters. The summed E-state index contributed by atoms with van der Waals surface area (Å²) in [7, 11) is 0. The summed E-state index contributed by atoms with van der Waals surface area (Å²) in [6.07, 6.45) is -0.305. The van der Waals surface area contributed by atoms with Crippen molar-refractivity contribution in [2.24, 2.45) is 0 Å². The highest BCUT2D eigenvalue weighted by molar-refractivity contribution is 14.1. The number of thiophene rings is 1. The fourth-order valence-corrected chi connectivity index (χ4v) is 2.87. The number of carbonyl (C=O) groups excluding carboxylic acids is 1. The first-order chi connectivity index (χ1) is 9.22. The normalized spacial score (nSPS) is 10.2. The lowest BCUT2D eigenvalue weighted by Gasteiger charge is -2.21. The van der Waals surface area contributed by atoms with Crippen LogP contribution in [0.15, 0.2) is 41.1 Å². The monoisotopic (exact) mass is 387 g/mol. The Morgan fingerprint density at radius 3 is 2.79 bits per heavy atom. The van der Waals surface area contributed by atoms with Crippen molar-refractivity contribution < 1.29 is 9.53 Å². The second-order valence-corrected chi connectivity index (χ2v) is 5.80. The van der Waals surface area contributed by atoms with Gasteiger partial charge in [-0.15, -0.1) is 0 Å². The van der Waals surface area contributed by atoms with Crippen LogP contribution in [0.3, 0.4) is 0 Å². The van der Waals surface area contributed by atoms with E-state index in [1.807, 2.05) is 48.0 Å². The van der Waals surface area contributed by atoms with Crippen LogP contribution in [0.2, 0.25) is 0 Å². The van der Waals surface area contributed by atoms with Gasteiger partial charge in [0.1, 0.15) is 0 Å². The summed E-state index contributed by atoms with van der Waals surface area (Å²) in [6.45, 7) is 2.72. The topological polar surface area (TPSA) is 29.5 Å². The molecule has 19 heavy (non-hydrogen) atoms. The molecule has 1 aromatic carbocycles. The van der Waals surface area contributed by atoms with Crippen molar-refractivity contribution >= 4 is 45.7 Å². The zero-order valence-electron chi connectivity index (χ0n) is 10.5. The first kappa shape index (κ1) is 14.3. The zero-order valence-corrected chi connectivity index (χ0v) is 13.5. The molecule has 0 saturated carbocycles. The van der Waals surface area contributed by atoms with Crippen LogP contribution in [-0.4, -0.2) is 12.7 Å². The fourth-order valence-electron chi connectivity index (χ4n) is 1.67. The Balaban J connectivity index is 2.24. The molecule has 3 nitrogen and oxygen atoms in total. The van der Waals surface area contributed by atoms with Gasteiger partial charge in [0.25, 0.3) is 0 Å². The van der Waals surface area contributed by atoms with Gasteiger partial charge in [-0.05, 0) is 52.6 Å². The lowest BCUT2D eigenvalue weighted by molar-refractivity contribution is 0.159. The average molecular weight is 387 g/mol. The van der Waals surface area contributed by atoms with E-state index >= 15 is 0 Å². The van der Waals surface area contributed by atoms with Crippen LogP contribution in [0.4, 0.5) is 10.5 Å². The molecule has 1 amide bonds. The van der Waals surface area contributed by atoms with E-state index in [0.717, 1.165) is 14.8 Å². The molecule has 0 spiro atoms. The molecule has 0 radical (unpaired) electrons. The molecule has 2 rings (SSSR count). The number of nitrogens with zero attached hydrogens (tertiary/aromatic N) is 1. The third-order valence-corrected chi connectivity index (χ3v) is 4.32. The number of benzene rings is 1. The molecular formula is C14H14INO2S. The summed E-state index contributed by atoms with van der Waals surface area (Å²) in [5, 5.41) is 3.91. The summed E-state index contributed by atoms with van der Waals surface area (Å²) >= 11 is 3.85. The molecule has 0 saturated heterocycles. The van der Waals surface area contributed by atoms with Crippen LogP contribution in [0, 0.1) is 3.57 Å². The molecular weight excluding hydrogens is 373 g/mol. The maximum absolute atomic E-state index is 12.1. The molecule has 0 fully saturated rings. The number of carbonyl (C=O) groups is 1. The van der Waals surface area contributed by atoms with Crippen LogP contribution in [0.1, 0.15) is 12.5 Å². The minimum atomic E-state index is -0.305. The van der Waals surface area contributed by atoms with E-state index < -0.39 is 0 Å². The predicted molar refractivity (Wildman–Crippen MR) is 86.7 cm³/mol. The number of anilines is 1. The molecule has 0 atom stereocenters. The third kappa shape index (κ3) is 3.70. The second kappa shape index (κ2) is 6.91. The molecule has 0 aliphatic carbocycles. The van der Waals surface area contributed by atoms with Gasteiger partial charge in [0, 0.05) is 8.95 Å².